The lowest BCUT2D eigenvalue weighted by Gasteiger charge is -2.18. The van der Waals surface area contributed by atoms with Gasteiger partial charge >= 0.3 is 0 Å². The lowest BCUT2D eigenvalue weighted by molar-refractivity contribution is 0.385. The van der Waals surface area contributed by atoms with Crippen molar-refractivity contribution < 1.29 is 4.42 Å². The van der Waals surface area contributed by atoms with E-state index in [1.807, 2.05) is 6.07 Å². The van der Waals surface area contributed by atoms with Crippen LogP contribution < -0.4 is 5.32 Å². The van der Waals surface area contributed by atoms with E-state index in [2.05, 4.69) is 18.3 Å². The van der Waals surface area contributed by atoms with Crippen molar-refractivity contribution >= 4 is 0 Å². The van der Waals surface area contributed by atoms with E-state index in [4.69, 9.17) is 4.42 Å². The van der Waals surface area contributed by atoms with Gasteiger partial charge in [0.25, 0.3) is 0 Å². The molecule has 1 N–H and O–H groups in total. The summed E-state index contributed by atoms with van der Waals surface area (Å²) in [5.74, 6) is 2.11. The van der Waals surface area contributed by atoms with E-state index in [0.717, 1.165) is 24.6 Å². The van der Waals surface area contributed by atoms with Gasteiger partial charge in [-0.1, -0.05) is 32.6 Å². The van der Waals surface area contributed by atoms with E-state index >= 15 is 0 Å². The Bertz CT molecular complexity index is 288. The second-order valence-electron chi connectivity index (χ2n) is 5.27. The number of likely N-dealkylation sites (N-methyl/N-ethyl adjacent to an activating group) is 1. The fraction of sp³-hybridized carbons (Fsp3) is 0.733. The predicted molar refractivity (Wildman–Crippen MR) is 71.1 cm³/mol. The molecule has 1 heterocycles. The minimum atomic E-state index is 0.590. The normalized spacial score (nSPS) is 18.6. The van der Waals surface area contributed by atoms with Crippen LogP contribution >= 0.6 is 0 Å². The first kappa shape index (κ1) is 12.7. The molecule has 1 unspecified atom stereocenters. The Morgan fingerprint density at radius 3 is 2.88 bits per heavy atom. The minimum absolute atomic E-state index is 0.590. The van der Waals surface area contributed by atoms with Crippen LogP contribution in [0.4, 0.5) is 0 Å². The van der Waals surface area contributed by atoms with E-state index in [0.29, 0.717) is 6.04 Å². The van der Waals surface area contributed by atoms with E-state index in [-0.39, 0.29) is 0 Å². The molecular formula is C15H25NO. The molecule has 0 spiro atoms. The van der Waals surface area contributed by atoms with Crippen molar-refractivity contribution in [3.05, 3.63) is 24.2 Å². The molecule has 1 aromatic rings. The van der Waals surface area contributed by atoms with Gasteiger partial charge in [0.15, 0.2) is 0 Å². The van der Waals surface area contributed by atoms with Crippen molar-refractivity contribution in [2.75, 3.05) is 6.54 Å². The Balaban J connectivity index is 1.75. The number of nitrogens with one attached hydrogen (secondary N) is 1. The summed E-state index contributed by atoms with van der Waals surface area (Å²) >= 11 is 0. The molecule has 1 saturated carbocycles. The summed E-state index contributed by atoms with van der Waals surface area (Å²) in [6.45, 7) is 3.24. The molecule has 2 heteroatoms. The quantitative estimate of drug-likeness (QED) is 0.778. The van der Waals surface area contributed by atoms with Gasteiger partial charge in [-0.25, -0.2) is 0 Å². The SMILES string of the molecule is CCNC(CCC1CCCC1)Cc1ccco1. The zero-order valence-electron chi connectivity index (χ0n) is 11.0. The van der Waals surface area contributed by atoms with E-state index < -0.39 is 0 Å². The average molecular weight is 235 g/mol. The number of furan rings is 1. The van der Waals surface area contributed by atoms with Crippen LogP contribution in [0.3, 0.4) is 0 Å². The predicted octanol–water partition coefficient (Wildman–Crippen LogP) is 3.77. The van der Waals surface area contributed by atoms with Gasteiger partial charge in [0, 0.05) is 12.5 Å². The molecule has 1 fully saturated rings. The smallest absolute Gasteiger partial charge is 0.105 e. The van der Waals surface area contributed by atoms with Gasteiger partial charge in [0.2, 0.25) is 0 Å². The summed E-state index contributed by atoms with van der Waals surface area (Å²) in [6, 6.07) is 4.65. The van der Waals surface area contributed by atoms with Crippen LogP contribution in [-0.2, 0) is 6.42 Å². The highest BCUT2D eigenvalue weighted by Crippen LogP contribution is 2.29. The van der Waals surface area contributed by atoms with E-state index in [1.54, 1.807) is 6.26 Å². The van der Waals surface area contributed by atoms with Gasteiger partial charge in [-0.15, -0.1) is 0 Å². The topological polar surface area (TPSA) is 25.2 Å². The zero-order chi connectivity index (χ0) is 11.9. The van der Waals surface area contributed by atoms with Crippen molar-refractivity contribution in [3.63, 3.8) is 0 Å². The minimum Gasteiger partial charge on any atom is -0.469 e. The van der Waals surface area contributed by atoms with Crippen LogP contribution in [-0.4, -0.2) is 12.6 Å². The van der Waals surface area contributed by atoms with Gasteiger partial charge in [-0.2, -0.15) is 0 Å². The maximum atomic E-state index is 5.44. The largest absolute Gasteiger partial charge is 0.469 e. The molecule has 0 amide bonds. The molecule has 1 aliphatic carbocycles. The lowest BCUT2D eigenvalue weighted by atomic mass is 9.96. The molecule has 2 rings (SSSR count). The van der Waals surface area contributed by atoms with Crippen molar-refractivity contribution in [1.29, 1.82) is 0 Å². The lowest BCUT2D eigenvalue weighted by Crippen LogP contribution is -2.31. The maximum Gasteiger partial charge on any atom is 0.105 e. The first-order chi connectivity index (χ1) is 8.38. The molecule has 1 aliphatic rings. The summed E-state index contributed by atoms with van der Waals surface area (Å²) in [6.07, 6.45) is 11.3. The summed E-state index contributed by atoms with van der Waals surface area (Å²) in [4.78, 5) is 0. The fourth-order valence-electron chi connectivity index (χ4n) is 2.97. The van der Waals surface area contributed by atoms with Crippen LogP contribution in [0.15, 0.2) is 22.8 Å². The monoisotopic (exact) mass is 235 g/mol. The van der Waals surface area contributed by atoms with E-state index in [1.165, 1.54) is 38.5 Å². The Morgan fingerprint density at radius 1 is 1.41 bits per heavy atom. The van der Waals surface area contributed by atoms with Crippen LogP contribution in [0.1, 0.15) is 51.2 Å². The molecule has 0 radical (unpaired) electrons. The van der Waals surface area contributed by atoms with Crippen LogP contribution in [0.5, 0.6) is 0 Å². The summed E-state index contributed by atoms with van der Waals surface area (Å²) in [5.41, 5.74) is 0. The van der Waals surface area contributed by atoms with Crippen molar-refractivity contribution in [2.24, 2.45) is 5.92 Å². The summed E-state index contributed by atoms with van der Waals surface area (Å²) < 4.78 is 5.44. The fourth-order valence-corrected chi connectivity index (χ4v) is 2.97. The highest BCUT2D eigenvalue weighted by molar-refractivity contribution is 5.00. The van der Waals surface area contributed by atoms with Gasteiger partial charge in [0.05, 0.1) is 6.26 Å². The third-order valence-corrected chi connectivity index (χ3v) is 3.92. The van der Waals surface area contributed by atoms with Gasteiger partial charge in [-0.3, -0.25) is 0 Å². The molecule has 17 heavy (non-hydrogen) atoms. The van der Waals surface area contributed by atoms with Crippen LogP contribution in [0.25, 0.3) is 0 Å². The molecule has 0 aromatic carbocycles. The first-order valence-corrected chi connectivity index (χ1v) is 7.14. The highest BCUT2D eigenvalue weighted by atomic mass is 16.3. The molecule has 0 bridgehead atoms. The Hall–Kier alpha value is -0.760. The molecule has 0 saturated heterocycles. The van der Waals surface area contributed by atoms with Crippen LogP contribution in [0, 0.1) is 5.92 Å². The van der Waals surface area contributed by atoms with Crippen LogP contribution in [0.2, 0.25) is 0 Å². The zero-order valence-corrected chi connectivity index (χ0v) is 11.0. The molecule has 1 atom stereocenters. The molecule has 1 aromatic heterocycles. The molecular weight excluding hydrogens is 210 g/mol. The van der Waals surface area contributed by atoms with E-state index in [9.17, 15) is 0 Å². The van der Waals surface area contributed by atoms with Crippen molar-refractivity contribution in [3.8, 4) is 0 Å². The number of rotatable bonds is 7. The summed E-state index contributed by atoms with van der Waals surface area (Å²) in [7, 11) is 0. The molecule has 96 valence electrons. The molecule has 0 aliphatic heterocycles. The average Bonchev–Trinajstić information content (AvgIpc) is 2.99. The highest BCUT2D eigenvalue weighted by Gasteiger charge is 2.17. The second kappa shape index (κ2) is 6.85. The van der Waals surface area contributed by atoms with Crippen molar-refractivity contribution in [1.82, 2.24) is 5.32 Å². The van der Waals surface area contributed by atoms with Gasteiger partial charge < -0.3 is 9.73 Å². The third kappa shape index (κ3) is 4.19. The first-order valence-electron chi connectivity index (χ1n) is 7.14. The van der Waals surface area contributed by atoms with Gasteiger partial charge in [-0.05, 0) is 37.4 Å². The molecule has 2 nitrogen and oxygen atoms in total. The Morgan fingerprint density at radius 2 is 2.24 bits per heavy atom. The number of hydrogen-bond donors (Lipinski definition) is 1. The Kier molecular flexibility index (Phi) is 5.11. The summed E-state index contributed by atoms with van der Waals surface area (Å²) in [5, 5.41) is 3.58. The maximum absolute atomic E-state index is 5.44. The Labute approximate surface area is 105 Å². The second-order valence-corrected chi connectivity index (χ2v) is 5.27. The standard InChI is InChI=1S/C15H25NO/c1-2-16-14(12-15-8-5-11-17-15)10-9-13-6-3-4-7-13/h5,8,11,13-14,16H,2-4,6-7,9-10,12H2,1H3. The third-order valence-electron chi connectivity index (χ3n) is 3.92. The number of hydrogen-bond acceptors (Lipinski definition) is 2. The van der Waals surface area contributed by atoms with Crippen molar-refractivity contribution in [2.45, 2.75) is 57.9 Å². The van der Waals surface area contributed by atoms with Gasteiger partial charge in [0.1, 0.15) is 5.76 Å².